The van der Waals surface area contributed by atoms with Crippen molar-refractivity contribution in [1.29, 1.82) is 0 Å². The summed E-state index contributed by atoms with van der Waals surface area (Å²) in [6.07, 6.45) is 1.67. The van der Waals surface area contributed by atoms with Crippen molar-refractivity contribution in [1.82, 2.24) is 20.5 Å². The predicted molar refractivity (Wildman–Crippen MR) is 75.1 cm³/mol. The van der Waals surface area contributed by atoms with Crippen molar-refractivity contribution in [2.45, 2.75) is 19.9 Å². The van der Waals surface area contributed by atoms with Gasteiger partial charge in [0.15, 0.2) is 0 Å². The number of hydrogen-bond donors (Lipinski definition) is 2. The van der Waals surface area contributed by atoms with E-state index in [0.717, 1.165) is 5.69 Å². The molecule has 112 valence electrons. The Morgan fingerprint density at radius 1 is 1.43 bits per heavy atom. The van der Waals surface area contributed by atoms with Gasteiger partial charge in [0.2, 0.25) is 11.8 Å². The minimum atomic E-state index is -0.533. The van der Waals surface area contributed by atoms with Gasteiger partial charge in [0.05, 0.1) is 11.7 Å². The molecule has 0 saturated carbocycles. The Labute approximate surface area is 122 Å². The summed E-state index contributed by atoms with van der Waals surface area (Å²) in [6, 6.07) is 4.74. The third-order valence-electron chi connectivity index (χ3n) is 3.19. The average Bonchev–Trinajstić information content (AvgIpc) is 2.75. The van der Waals surface area contributed by atoms with Gasteiger partial charge in [-0.1, -0.05) is 19.9 Å². The molecule has 1 fully saturated rings. The Morgan fingerprint density at radius 3 is 2.71 bits per heavy atom. The zero-order chi connectivity index (χ0) is 15.4. The van der Waals surface area contributed by atoms with E-state index in [1.54, 1.807) is 6.20 Å². The Balaban J connectivity index is 1.99. The van der Waals surface area contributed by atoms with E-state index in [4.69, 9.17) is 0 Å². The van der Waals surface area contributed by atoms with Crippen LogP contribution in [0.5, 0.6) is 0 Å². The smallest absolute Gasteiger partial charge is 0.325 e. The molecule has 2 heterocycles. The van der Waals surface area contributed by atoms with Gasteiger partial charge < -0.3 is 10.2 Å². The van der Waals surface area contributed by atoms with Crippen LogP contribution in [0, 0.1) is 5.92 Å². The first-order chi connectivity index (χ1) is 9.97. The number of carbonyl (C=O) groups is 3. The highest BCUT2D eigenvalue weighted by molar-refractivity contribution is 6.03. The number of hydrogen-bond acceptors (Lipinski definition) is 4. The molecule has 4 amide bonds. The summed E-state index contributed by atoms with van der Waals surface area (Å²) in [4.78, 5) is 40.0. The lowest BCUT2D eigenvalue weighted by molar-refractivity contribution is -0.123. The van der Waals surface area contributed by atoms with Crippen LogP contribution >= 0.6 is 0 Å². The molecule has 1 saturated heterocycles. The highest BCUT2D eigenvalue weighted by atomic mass is 16.2. The summed E-state index contributed by atoms with van der Waals surface area (Å²) in [5, 5.41) is 5.00. The molecule has 1 aromatic rings. The summed E-state index contributed by atoms with van der Waals surface area (Å²) in [7, 11) is 0. The third-order valence-corrected chi connectivity index (χ3v) is 3.19. The molecule has 7 nitrogen and oxygen atoms in total. The molecule has 1 aliphatic rings. The number of pyridine rings is 1. The van der Waals surface area contributed by atoms with Gasteiger partial charge in [-0.25, -0.2) is 4.79 Å². The van der Waals surface area contributed by atoms with Crippen LogP contribution in [0.15, 0.2) is 24.4 Å². The molecule has 7 heteroatoms. The molecule has 1 aliphatic heterocycles. The Hall–Kier alpha value is -2.44. The van der Waals surface area contributed by atoms with E-state index in [-0.39, 0.29) is 31.0 Å². The molecule has 0 aromatic carbocycles. The number of urea groups is 1. The first-order valence-corrected chi connectivity index (χ1v) is 6.76. The normalized spacial score (nSPS) is 16.0. The molecule has 0 aliphatic carbocycles. The highest BCUT2D eigenvalue weighted by Crippen LogP contribution is 2.19. The van der Waals surface area contributed by atoms with E-state index >= 15 is 0 Å². The van der Waals surface area contributed by atoms with Crippen molar-refractivity contribution in [3.05, 3.63) is 30.1 Å². The van der Waals surface area contributed by atoms with Crippen LogP contribution in [0.25, 0.3) is 0 Å². The Kier molecular flexibility index (Phi) is 4.52. The van der Waals surface area contributed by atoms with Crippen LogP contribution in [-0.4, -0.2) is 40.8 Å². The van der Waals surface area contributed by atoms with Gasteiger partial charge in [-0.15, -0.1) is 0 Å². The van der Waals surface area contributed by atoms with Crippen LogP contribution in [0.4, 0.5) is 4.79 Å². The minimum Gasteiger partial charge on any atom is -0.346 e. The molecule has 0 radical (unpaired) electrons. The number of carbonyl (C=O) groups excluding carboxylic acids is 3. The summed E-state index contributed by atoms with van der Waals surface area (Å²) in [5.41, 5.74) is 0.766. The second kappa shape index (κ2) is 6.34. The number of nitrogens with one attached hydrogen (secondary N) is 2. The van der Waals surface area contributed by atoms with Gasteiger partial charge in [0, 0.05) is 6.20 Å². The second-order valence-electron chi connectivity index (χ2n) is 5.25. The van der Waals surface area contributed by atoms with Crippen LogP contribution in [0.3, 0.4) is 0 Å². The van der Waals surface area contributed by atoms with Crippen molar-refractivity contribution in [2.24, 2.45) is 5.92 Å². The topological polar surface area (TPSA) is 91.4 Å². The number of nitrogens with zero attached hydrogens (tertiary/aromatic N) is 2. The van der Waals surface area contributed by atoms with E-state index in [0.29, 0.717) is 0 Å². The molecular formula is C14H18N4O3. The second-order valence-corrected chi connectivity index (χ2v) is 5.25. The van der Waals surface area contributed by atoms with Crippen molar-refractivity contribution in [2.75, 3.05) is 13.1 Å². The van der Waals surface area contributed by atoms with Gasteiger partial charge in [0.25, 0.3) is 0 Å². The van der Waals surface area contributed by atoms with Crippen LogP contribution < -0.4 is 10.6 Å². The van der Waals surface area contributed by atoms with Gasteiger partial charge >= 0.3 is 6.03 Å². The van der Waals surface area contributed by atoms with Crippen molar-refractivity contribution in [3.8, 4) is 0 Å². The molecule has 0 spiro atoms. The fraction of sp³-hybridized carbons (Fsp3) is 0.429. The number of aromatic nitrogens is 1. The third kappa shape index (κ3) is 3.77. The molecule has 1 atom stereocenters. The quantitative estimate of drug-likeness (QED) is 0.770. The summed E-state index contributed by atoms with van der Waals surface area (Å²) >= 11 is 0. The number of amides is 4. The number of rotatable bonds is 5. The molecule has 0 unspecified atom stereocenters. The van der Waals surface area contributed by atoms with Crippen molar-refractivity contribution >= 4 is 17.8 Å². The zero-order valence-electron chi connectivity index (χ0n) is 12.0. The standard InChI is InChI=1S/C14H18N4O3/c1-9(2)13(10-5-3-4-6-15-10)16-11(19)7-18-8-12(20)17-14(18)21/h3-6,9,13H,7-8H2,1-2H3,(H,16,19)(H,17,20,21)/t13-/m1/s1. The maximum atomic E-state index is 12.1. The van der Waals surface area contributed by atoms with Crippen molar-refractivity contribution < 1.29 is 14.4 Å². The number of imide groups is 1. The largest absolute Gasteiger partial charge is 0.346 e. The molecule has 1 aromatic heterocycles. The van der Waals surface area contributed by atoms with E-state index in [1.165, 1.54) is 4.90 Å². The van der Waals surface area contributed by atoms with Gasteiger partial charge in [-0.3, -0.25) is 19.9 Å². The SMILES string of the molecule is CC(C)[C@@H](NC(=O)CN1CC(=O)NC1=O)c1ccccn1. The Morgan fingerprint density at radius 2 is 2.19 bits per heavy atom. The first kappa shape index (κ1) is 15.0. The summed E-state index contributed by atoms with van der Waals surface area (Å²) in [5.74, 6) is -0.556. The summed E-state index contributed by atoms with van der Waals surface area (Å²) < 4.78 is 0. The molecule has 21 heavy (non-hydrogen) atoms. The average molecular weight is 290 g/mol. The fourth-order valence-corrected chi connectivity index (χ4v) is 2.15. The lowest BCUT2D eigenvalue weighted by Gasteiger charge is -2.23. The molecule has 2 N–H and O–H groups in total. The molecule has 0 bridgehead atoms. The highest BCUT2D eigenvalue weighted by Gasteiger charge is 2.29. The molecular weight excluding hydrogens is 272 g/mol. The van der Waals surface area contributed by atoms with E-state index in [2.05, 4.69) is 15.6 Å². The lowest BCUT2D eigenvalue weighted by atomic mass is 10.0. The van der Waals surface area contributed by atoms with Gasteiger partial charge in [-0.2, -0.15) is 0 Å². The van der Waals surface area contributed by atoms with Crippen LogP contribution in [0.2, 0.25) is 0 Å². The van der Waals surface area contributed by atoms with Gasteiger partial charge in [-0.05, 0) is 18.1 Å². The zero-order valence-corrected chi connectivity index (χ0v) is 12.0. The van der Waals surface area contributed by atoms with E-state index in [1.807, 2.05) is 32.0 Å². The van der Waals surface area contributed by atoms with Gasteiger partial charge in [0.1, 0.15) is 13.1 Å². The van der Waals surface area contributed by atoms with Crippen molar-refractivity contribution in [3.63, 3.8) is 0 Å². The van der Waals surface area contributed by atoms with E-state index in [9.17, 15) is 14.4 Å². The molecule has 2 rings (SSSR count). The first-order valence-electron chi connectivity index (χ1n) is 6.76. The fourth-order valence-electron chi connectivity index (χ4n) is 2.15. The van der Waals surface area contributed by atoms with E-state index < -0.39 is 11.9 Å². The maximum Gasteiger partial charge on any atom is 0.325 e. The Bertz CT molecular complexity index is 544. The lowest BCUT2D eigenvalue weighted by Crippen LogP contribution is -2.41. The summed E-state index contributed by atoms with van der Waals surface area (Å²) in [6.45, 7) is 3.73. The monoisotopic (exact) mass is 290 g/mol. The van der Waals surface area contributed by atoms with Crippen LogP contribution in [0.1, 0.15) is 25.6 Å². The predicted octanol–water partition coefficient (Wildman–Crippen LogP) is 0.447. The maximum absolute atomic E-state index is 12.1. The van der Waals surface area contributed by atoms with Crippen LogP contribution in [-0.2, 0) is 9.59 Å². The minimum absolute atomic E-state index is 0.0812.